The maximum absolute atomic E-state index is 5.93. The van der Waals surface area contributed by atoms with E-state index in [1.807, 2.05) is 11.8 Å². The molecule has 0 unspecified atom stereocenters. The molecule has 0 bridgehead atoms. The molecule has 6 heteroatoms. The Labute approximate surface area is 183 Å². The standard InChI is InChI=1S/C21H26Cl2N2S.ClH/c1-2-17-8-9-21-19(16-17)25(18-6-3-4-7-20(18)26-21)13-5-12-24(14-10-22)15-11-23;/h3-4,6-9,16H,2,5,10-15H2,1H3;1H. The number of anilines is 2. The van der Waals surface area contributed by atoms with Crippen LogP contribution in [0.15, 0.2) is 52.3 Å². The molecule has 0 aliphatic carbocycles. The first-order chi connectivity index (χ1) is 12.8. The van der Waals surface area contributed by atoms with Crippen molar-refractivity contribution in [3.8, 4) is 0 Å². The number of aryl methyl sites for hydroxylation is 1. The molecule has 148 valence electrons. The van der Waals surface area contributed by atoms with Crippen molar-refractivity contribution in [1.29, 1.82) is 0 Å². The third kappa shape index (κ3) is 5.71. The van der Waals surface area contributed by atoms with E-state index in [9.17, 15) is 0 Å². The Balaban J connectivity index is 0.00000261. The summed E-state index contributed by atoms with van der Waals surface area (Å²) in [6.45, 7) is 6.04. The third-order valence-electron chi connectivity index (χ3n) is 4.76. The van der Waals surface area contributed by atoms with Gasteiger partial charge in [-0.3, -0.25) is 0 Å². The van der Waals surface area contributed by atoms with Gasteiger partial charge in [-0.15, -0.1) is 35.6 Å². The molecule has 0 saturated carbocycles. The lowest BCUT2D eigenvalue weighted by Gasteiger charge is -2.34. The summed E-state index contributed by atoms with van der Waals surface area (Å²) in [5, 5.41) is 0. The second-order valence-corrected chi connectivity index (χ2v) is 8.29. The van der Waals surface area contributed by atoms with Gasteiger partial charge in [0.25, 0.3) is 0 Å². The van der Waals surface area contributed by atoms with E-state index in [1.54, 1.807) is 0 Å². The van der Waals surface area contributed by atoms with Crippen LogP contribution in [0.2, 0.25) is 0 Å². The van der Waals surface area contributed by atoms with Gasteiger partial charge >= 0.3 is 0 Å². The molecule has 0 aromatic heterocycles. The fourth-order valence-electron chi connectivity index (χ4n) is 3.36. The minimum atomic E-state index is 0. The molecule has 1 aliphatic rings. The fourth-order valence-corrected chi connectivity index (χ4v) is 4.92. The minimum absolute atomic E-state index is 0. The summed E-state index contributed by atoms with van der Waals surface area (Å²) in [5.74, 6) is 1.31. The van der Waals surface area contributed by atoms with Gasteiger partial charge < -0.3 is 9.80 Å². The summed E-state index contributed by atoms with van der Waals surface area (Å²) < 4.78 is 0. The molecular weight excluding hydrogens is 419 g/mol. The van der Waals surface area contributed by atoms with Gasteiger partial charge in [-0.1, -0.05) is 36.9 Å². The summed E-state index contributed by atoms with van der Waals surface area (Å²) in [7, 11) is 0. The van der Waals surface area contributed by atoms with E-state index in [0.29, 0.717) is 11.8 Å². The Bertz CT molecular complexity index is 720. The van der Waals surface area contributed by atoms with Gasteiger partial charge in [-0.25, -0.2) is 0 Å². The average Bonchev–Trinajstić information content (AvgIpc) is 2.67. The molecule has 1 aliphatic heterocycles. The Hall–Kier alpha value is -0.580. The molecule has 27 heavy (non-hydrogen) atoms. The summed E-state index contributed by atoms with van der Waals surface area (Å²) in [4.78, 5) is 7.52. The van der Waals surface area contributed by atoms with Crippen LogP contribution < -0.4 is 4.90 Å². The summed E-state index contributed by atoms with van der Waals surface area (Å²) >= 11 is 13.7. The number of hydrogen-bond donors (Lipinski definition) is 0. The highest BCUT2D eigenvalue weighted by atomic mass is 35.5. The van der Waals surface area contributed by atoms with Gasteiger partial charge in [0.1, 0.15) is 0 Å². The highest BCUT2D eigenvalue weighted by Crippen LogP contribution is 2.48. The molecule has 1 heterocycles. The molecule has 0 fully saturated rings. The zero-order chi connectivity index (χ0) is 18.4. The van der Waals surface area contributed by atoms with Gasteiger partial charge in [-0.2, -0.15) is 0 Å². The van der Waals surface area contributed by atoms with Gasteiger partial charge in [-0.05, 0) is 49.2 Å². The predicted octanol–water partition coefficient (Wildman–Crippen LogP) is 6.44. The molecule has 3 rings (SSSR count). The Kier molecular flexibility index (Phi) is 9.61. The molecule has 2 nitrogen and oxygen atoms in total. The lowest BCUT2D eigenvalue weighted by Crippen LogP contribution is -2.32. The van der Waals surface area contributed by atoms with Crippen molar-refractivity contribution in [2.75, 3.05) is 42.8 Å². The smallest absolute Gasteiger partial charge is 0.0555 e. The van der Waals surface area contributed by atoms with Crippen LogP contribution >= 0.6 is 47.4 Å². The first kappa shape index (κ1) is 22.7. The quantitative estimate of drug-likeness (QED) is 0.410. The van der Waals surface area contributed by atoms with Gasteiger partial charge in [0.15, 0.2) is 0 Å². The monoisotopic (exact) mass is 444 g/mol. The maximum Gasteiger partial charge on any atom is 0.0555 e. The zero-order valence-electron chi connectivity index (χ0n) is 15.7. The molecule has 0 saturated heterocycles. The van der Waals surface area contributed by atoms with Crippen LogP contribution in [0.5, 0.6) is 0 Å². The number of hydrogen-bond acceptors (Lipinski definition) is 3. The van der Waals surface area contributed by atoms with Crippen molar-refractivity contribution in [3.63, 3.8) is 0 Å². The SMILES string of the molecule is CCc1ccc2c(c1)N(CCCN(CCCl)CCCl)c1ccccc1S2.Cl. The third-order valence-corrected chi connectivity index (χ3v) is 6.22. The van der Waals surface area contributed by atoms with Crippen LogP contribution in [0.3, 0.4) is 0 Å². The van der Waals surface area contributed by atoms with E-state index in [4.69, 9.17) is 23.2 Å². The lowest BCUT2D eigenvalue weighted by molar-refractivity contribution is 0.305. The summed E-state index contributed by atoms with van der Waals surface area (Å²) in [6, 6.07) is 15.6. The van der Waals surface area contributed by atoms with Gasteiger partial charge in [0, 0.05) is 41.2 Å². The fraction of sp³-hybridized carbons (Fsp3) is 0.429. The van der Waals surface area contributed by atoms with Crippen LogP contribution in [0.25, 0.3) is 0 Å². The zero-order valence-corrected chi connectivity index (χ0v) is 18.8. The second-order valence-electron chi connectivity index (χ2n) is 6.45. The number of halogens is 3. The van der Waals surface area contributed by atoms with Crippen molar-refractivity contribution >= 4 is 58.7 Å². The van der Waals surface area contributed by atoms with Crippen molar-refractivity contribution in [2.45, 2.75) is 29.6 Å². The highest BCUT2D eigenvalue weighted by molar-refractivity contribution is 7.99. The van der Waals surface area contributed by atoms with Crippen LogP contribution in [0, 0.1) is 0 Å². The number of benzene rings is 2. The highest BCUT2D eigenvalue weighted by Gasteiger charge is 2.23. The van der Waals surface area contributed by atoms with Gasteiger partial charge in [0.05, 0.1) is 11.4 Å². The number of fused-ring (bicyclic) bond motifs is 2. The maximum atomic E-state index is 5.93. The number of alkyl halides is 2. The van der Waals surface area contributed by atoms with Crippen molar-refractivity contribution in [1.82, 2.24) is 4.90 Å². The second kappa shape index (κ2) is 11.4. The topological polar surface area (TPSA) is 6.48 Å². The minimum Gasteiger partial charge on any atom is -0.340 e. The number of rotatable bonds is 9. The van der Waals surface area contributed by atoms with Crippen molar-refractivity contribution in [2.24, 2.45) is 0 Å². The first-order valence-electron chi connectivity index (χ1n) is 9.28. The molecule has 0 N–H and O–H groups in total. The molecule has 2 aromatic rings. The molecule has 0 radical (unpaired) electrons. The average molecular weight is 446 g/mol. The Morgan fingerprint density at radius 3 is 2.33 bits per heavy atom. The molecule has 0 atom stereocenters. The number of para-hydroxylation sites is 1. The predicted molar refractivity (Wildman–Crippen MR) is 123 cm³/mol. The van der Waals surface area contributed by atoms with E-state index in [2.05, 4.69) is 59.2 Å². The summed E-state index contributed by atoms with van der Waals surface area (Å²) in [6.07, 6.45) is 2.15. The van der Waals surface area contributed by atoms with Crippen molar-refractivity contribution < 1.29 is 0 Å². The van der Waals surface area contributed by atoms with Crippen molar-refractivity contribution in [3.05, 3.63) is 48.0 Å². The molecule has 0 spiro atoms. The van der Waals surface area contributed by atoms with Gasteiger partial charge in [0.2, 0.25) is 0 Å². The van der Waals surface area contributed by atoms with Crippen LogP contribution in [0.1, 0.15) is 18.9 Å². The number of nitrogens with zero attached hydrogens (tertiary/aromatic N) is 2. The van der Waals surface area contributed by atoms with Crippen LogP contribution in [0.4, 0.5) is 11.4 Å². The van der Waals surface area contributed by atoms with E-state index >= 15 is 0 Å². The van der Waals surface area contributed by atoms with E-state index in [1.165, 1.54) is 26.7 Å². The first-order valence-corrected chi connectivity index (χ1v) is 11.2. The lowest BCUT2D eigenvalue weighted by atomic mass is 10.1. The largest absolute Gasteiger partial charge is 0.340 e. The molecule has 2 aromatic carbocycles. The van der Waals surface area contributed by atoms with E-state index < -0.39 is 0 Å². The molecular formula is C21H27Cl3N2S. The van der Waals surface area contributed by atoms with Crippen LogP contribution in [-0.4, -0.2) is 42.8 Å². The van der Waals surface area contributed by atoms with E-state index in [-0.39, 0.29) is 12.4 Å². The Morgan fingerprint density at radius 1 is 0.926 bits per heavy atom. The summed E-state index contributed by atoms with van der Waals surface area (Å²) in [5.41, 5.74) is 4.05. The van der Waals surface area contributed by atoms with E-state index in [0.717, 1.165) is 39.0 Å². The molecule has 0 amide bonds. The normalized spacial score (nSPS) is 12.5. The van der Waals surface area contributed by atoms with Crippen LogP contribution in [-0.2, 0) is 6.42 Å². The Morgan fingerprint density at radius 2 is 1.63 bits per heavy atom.